The predicted molar refractivity (Wildman–Crippen MR) is 98.2 cm³/mol. The van der Waals surface area contributed by atoms with Crippen LogP contribution in [0.1, 0.15) is 13.3 Å². The van der Waals surface area contributed by atoms with Crippen molar-refractivity contribution in [1.29, 1.82) is 0 Å². The van der Waals surface area contributed by atoms with Crippen molar-refractivity contribution in [3.63, 3.8) is 0 Å². The normalized spacial score (nSPS) is 10.5. The van der Waals surface area contributed by atoms with Gasteiger partial charge < -0.3 is 19.5 Å². The molecule has 1 heterocycles. The third kappa shape index (κ3) is 3.42. The molecule has 0 aliphatic rings. The molecule has 0 unspecified atom stereocenters. The van der Waals surface area contributed by atoms with E-state index in [9.17, 15) is 0 Å². The van der Waals surface area contributed by atoms with Gasteiger partial charge in [-0.25, -0.2) is 9.97 Å². The Morgan fingerprint density at radius 2 is 1.80 bits per heavy atom. The number of para-hydroxylation sites is 2. The van der Waals surface area contributed by atoms with E-state index >= 15 is 0 Å². The number of ether oxygens (including phenoxy) is 3. The van der Waals surface area contributed by atoms with E-state index in [0.29, 0.717) is 29.4 Å². The summed E-state index contributed by atoms with van der Waals surface area (Å²) in [6.07, 6.45) is 2.45. The first-order chi connectivity index (χ1) is 12.3. The quantitative estimate of drug-likeness (QED) is 0.696. The molecule has 6 heteroatoms. The number of nitrogens with one attached hydrogen (secondary N) is 1. The fourth-order valence-electron chi connectivity index (χ4n) is 2.58. The molecule has 1 aromatic heterocycles. The van der Waals surface area contributed by atoms with Crippen LogP contribution in [0.3, 0.4) is 0 Å². The zero-order valence-electron chi connectivity index (χ0n) is 14.6. The second-order valence-corrected chi connectivity index (χ2v) is 5.39. The van der Waals surface area contributed by atoms with Gasteiger partial charge in [0, 0.05) is 5.39 Å². The molecule has 3 aromatic rings. The molecule has 0 bridgehead atoms. The van der Waals surface area contributed by atoms with Crippen molar-refractivity contribution in [3.05, 3.63) is 42.7 Å². The molecule has 0 radical (unpaired) electrons. The number of hydrogen-bond donors (Lipinski definition) is 1. The Bertz CT molecular complexity index is 868. The highest BCUT2D eigenvalue weighted by Gasteiger charge is 2.14. The number of hydrogen-bond acceptors (Lipinski definition) is 6. The average Bonchev–Trinajstić information content (AvgIpc) is 2.66. The topological polar surface area (TPSA) is 65.5 Å². The van der Waals surface area contributed by atoms with Crippen LogP contribution >= 0.6 is 0 Å². The van der Waals surface area contributed by atoms with E-state index in [1.54, 1.807) is 14.2 Å². The van der Waals surface area contributed by atoms with E-state index in [2.05, 4.69) is 22.2 Å². The zero-order valence-corrected chi connectivity index (χ0v) is 14.6. The van der Waals surface area contributed by atoms with Crippen molar-refractivity contribution in [2.75, 3.05) is 26.1 Å². The molecule has 2 aromatic carbocycles. The Morgan fingerprint density at radius 1 is 0.960 bits per heavy atom. The number of nitrogens with zero attached hydrogens (tertiary/aromatic N) is 2. The number of methoxy groups -OCH3 is 2. The van der Waals surface area contributed by atoms with Crippen LogP contribution in [0.5, 0.6) is 17.2 Å². The van der Waals surface area contributed by atoms with Gasteiger partial charge in [-0.2, -0.15) is 0 Å². The SMILES string of the molecule is CCCOc1ccccc1Nc1ncnc2c(OC)c(OC)ccc12. The lowest BCUT2D eigenvalue weighted by molar-refractivity contribution is 0.319. The van der Waals surface area contributed by atoms with Crippen LogP contribution in [0.2, 0.25) is 0 Å². The van der Waals surface area contributed by atoms with Crippen molar-refractivity contribution >= 4 is 22.4 Å². The first-order valence-electron chi connectivity index (χ1n) is 8.13. The van der Waals surface area contributed by atoms with Crippen LogP contribution < -0.4 is 19.5 Å². The van der Waals surface area contributed by atoms with Crippen LogP contribution in [0.15, 0.2) is 42.7 Å². The largest absolute Gasteiger partial charge is 0.493 e. The Kier molecular flexibility index (Phi) is 5.18. The Hall–Kier alpha value is -3.02. The number of fused-ring (bicyclic) bond motifs is 1. The highest BCUT2D eigenvalue weighted by molar-refractivity contribution is 5.96. The van der Waals surface area contributed by atoms with Gasteiger partial charge in [0.15, 0.2) is 11.5 Å². The predicted octanol–water partition coefficient (Wildman–Crippen LogP) is 4.18. The third-order valence-electron chi connectivity index (χ3n) is 3.75. The van der Waals surface area contributed by atoms with Crippen molar-refractivity contribution in [1.82, 2.24) is 9.97 Å². The van der Waals surface area contributed by atoms with E-state index in [4.69, 9.17) is 14.2 Å². The number of rotatable bonds is 7. The van der Waals surface area contributed by atoms with Crippen LogP contribution in [-0.2, 0) is 0 Å². The Labute approximate surface area is 146 Å². The zero-order chi connectivity index (χ0) is 17.6. The van der Waals surface area contributed by atoms with Crippen LogP contribution in [0.25, 0.3) is 10.9 Å². The number of anilines is 2. The summed E-state index contributed by atoms with van der Waals surface area (Å²) in [6.45, 7) is 2.74. The van der Waals surface area contributed by atoms with Crippen LogP contribution in [0.4, 0.5) is 11.5 Å². The maximum Gasteiger partial charge on any atom is 0.187 e. The second-order valence-electron chi connectivity index (χ2n) is 5.39. The highest BCUT2D eigenvalue weighted by atomic mass is 16.5. The minimum atomic E-state index is 0.584. The molecule has 0 fully saturated rings. The van der Waals surface area contributed by atoms with Crippen molar-refractivity contribution in [2.24, 2.45) is 0 Å². The minimum Gasteiger partial charge on any atom is -0.493 e. The minimum absolute atomic E-state index is 0.584. The van der Waals surface area contributed by atoms with Gasteiger partial charge in [-0.15, -0.1) is 0 Å². The third-order valence-corrected chi connectivity index (χ3v) is 3.75. The molecule has 6 nitrogen and oxygen atoms in total. The molecule has 0 saturated heterocycles. The lowest BCUT2D eigenvalue weighted by Crippen LogP contribution is -2.02. The molecule has 0 spiro atoms. The van der Waals surface area contributed by atoms with E-state index in [1.165, 1.54) is 6.33 Å². The van der Waals surface area contributed by atoms with E-state index in [-0.39, 0.29) is 0 Å². The molecular formula is C19H21N3O3. The van der Waals surface area contributed by atoms with Crippen molar-refractivity contribution < 1.29 is 14.2 Å². The molecule has 25 heavy (non-hydrogen) atoms. The summed E-state index contributed by atoms with van der Waals surface area (Å²) in [4.78, 5) is 8.73. The standard InChI is InChI=1S/C19H21N3O3/c1-4-11-25-15-8-6-5-7-14(15)22-19-13-9-10-16(23-2)18(24-3)17(13)20-12-21-19/h5-10,12H,4,11H2,1-3H3,(H,20,21,22). The van der Waals surface area contributed by atoms with E-state index in [1.807, 2.05) is 36.4 Å². The average molecular weight is 339 g/mol. The second kappa shape index (κ2) is 7.70. The highest BCUT2D eigenvalue weighted by Crippen LogP contribution is 2.37. The molecule has 0 saturated carbocycles. The number of benzene rings is 2. The maximum atomic E-state index is 5.80. The lowest BCUT2D eigenvalue weighted by atomic mass is 10.2. The summed E-state index contributed by atoms with van der Waals surface area (Å²) < 4.78 is 16.6. The van der Waals surface area contributed by atoms with Gasteiger partial charge >= 0.3 is 0 Å². The van der Waals surface area contributed by atoms with Gasteiger partial charge in [0.25, 0.3) is 0 Å². The summed E-state index contributed by atoms with van der Waals surface area (Å²) in [5.74, 6) is 2.68. The van der Waals surface area contributed by atoms with Crippen molar-refractivity contribution in [3.8, 4) is 17.2 Å². The van der Waals surface area contributed by atoms with Gasteiger partial charge in [-0.3, -0.25) is 0 Å². The fourth-order valence-corrected chi connectivity index (χ4v) is 2.58. The lowest BCUT2D eigenvalue weighted by Gasteiger charge is -2.15. The summed E-state index contributed by atoms with van der Waals surface area (Å²) in [7, 11) is 3.20. The first kappa shape index (κ1) is 16.8. The van der Waals surface area contributed by atoms with Gasteiger partial charge in [0.2, 0.25) is 0 Å². The molecule has 130 valence electrons. The number of aromatic nitrogens is 2. The summed E-state index contributed by atoms with van der Waals surface area (Å²) in [5, 5.41) is 4.18. The Morgan fingerprint density at radius 3 is 2.56 bits per heavy atom. The van der Waals surface area contributed by atoms with Crippen LogP contribution in [0, 0.1) is 0 Å². The molecular weight excluding hydrogens is 318 g/mol. The first-order valence-corrected chi connectivity index (χ1v) is 8.13. The van der Waals surface area contributed by atoms with Crippen LogP contribution in [-0.4, -0.2) is 30.8 Å². The molecule has 0 atom stereocenters. The Balaban J connectivity index is 2.03. The molecule has 3 rings (SSSR count). The molecule has 0 aliphatic heterocycles. The fraction of sp³-hybridized carbons (Fsp3) is 0.263. The van der Waals surface area contributed by atoms with Gasteiger partial charge in [0.1, 0.15) is 23.4 Å². The molecule has 0 aliphatic carbocycles. The monoisotopic (exact) mass is 339 g/mol. The smallest absolute Gasteiger partial charge is 0.187 e. The van der Waals surface area contributed by atoms with Gasteiger partial charge in [-0.1, -0.05) is 19.1 Å². The molecule has 1 N–H and O–H groups in total. The van der Waals surface area contributed by atoms with Gasteiger partial charge in [0.05, 0.1) is 26.5 Å². The van der Waals surface area contributed by atoms with E-state index in [0.717, 1.165) is 23.2 Å². The molecule has 0 amide bonds. The maximum absolute atomic E-state index is 5.80. The summed E-state index contributed by atoms with van der Waals surface area (Å²) in [6, 6.07) is 11.5. The van der Waals surface area contributed by atoms with E-state index < -0.39 is 0 Å². The van der Waals surface area contributed by atoms with Gasteiger partial charge in [-0.05, 0) is 30.7 Å². The summed E-state index contributed by atoms with van der Waals surface area (Å²) in [5.41, 5.74) is 1.54. The van der Waals surface area contributed by atoms with Crippen molar-refractivity contribution in [2.45, 2.75) is 13.3 Å². The summed E-state index contributed by atoms with van der Waals surface area (Å²) >= 11 is 0.